The number of hydrogen-bond donors (Lipinski definition) is 1. The monoisotopic (exact) mass is 246 g/mol. The lowest BCUT2D eigenvalue weighted by Gasteiger charge is -2.29. The van der Waals surface area contributed by atoms with Gasteiger partial charge >= 0.3 is 0 Å². The van der Waals surface area contributed by atoms with Crippen molar-refractivity contribution in [3.8, 4) is 0 Å². The van der Waals surface area contributed by atoms with Gasteiger partial charge in [-0.25, -0.2) is 0 Å². The highest BCUT2D eigenvalue weighted by Gasteiger charge is 2.20. The molecule has 1 saturated carbocycles. The molecule has 6 heteroatoms. The highest BCUT2D eigenvalue weighted by Crippen LogP contribution is 2.28. The van der Waals surface area contributed by atoms with E-state index in [0.717, 1.165) is 11.7 Å². The molecule has 0 radical (unpaired) electrons. The lowest BCUT2D eigenvalue weighted by molar-refractivity contribution is 0.327. The fraction of sp³-hybridized carbons (Fsp3) is 0.667. The summed E-state index contributed by atoms with van der Waals surface area (Å²) >= 11 is 0. The van der Waals surface area contributed by atoms with Crippen LogP contribution in [0.25, 0.3) is 5.65 Å². The Morgan fingerprint density at radius 1 is 1.39 bits per heavy atom. The lowest BCUT2D eigenvalue weighted by atomic mass is 9.84. The molecule has 0 amide bonds. The van der Waals surface area contributed by atoms with Gasteiger partial charge in [-0.2, -0.15) is 0 Å². The summed E-state index contributed by atoms with van der Waals surface area (Å²) in [5.41, 5.74) is 0.677. The van der Waals surface area contributed by atoms with E-state index in [2.05, 4.69) is 32.9 Å². The standard InChI is InChI=1S/C12H18N6/c1-2-9-4-3-5-10(8-9)13-11-6-7-12-14-16-17-18(12)15-11/h6-7,9-10H,2-5,8H2,1H3,(H,13,15). The van der Waals surface area contributed by atoms with Crippen LogP contribution in [-0.4, -0.2) is 31.3 Å². The lowest BCUT2D eigenvalue weighted by Crippen LogP contribution is -2.27. The van der Waals surface area contributed by atoms with Crippen molar-refractivity contribution < 1.29 is 0 Å². The number of tetrazole rings is 1. The van der Waals surface area contributed by atoms with E-state index >= 15 is 0 Å². The largest absolute Gasteiger partial charge is 0.366 e. The normalized spacial score (nSPS) is 24.3. The van der Waals surface area contributed by atoms with Gasteiger partial charge in [0.25, 0.3) is 0 Å². The van der Waals surface area contributed by atoms with Crippen LogP contribution in [0.3, 0.4) is 0 Å². The Morgan fingerprint density at radius 2 is 2.33 bits per heavy atom. The van der Waals surface area contributed by atoms with E-state index in [9.17, 15) is 0 Å². The molecule has 0 bridgehead atoms. The molecule has 1 aliphatic rings. The third-order valence-corrected chi connectivity index (χ3v) is 3.78. The van der Waals surface area contributed by atoms with Gasteiger partial charge in [0.05, 0.1) is 0 Å². The van der Waals surface area contributed by atoms with Crippen molar-refractivity contribution in [3.63, 3.8) is 0 Å². The molecule has 1 aliphatic carbocycles. The van der Waals surface area contributed by atoms with Gasteiger partial charge in [0.2, 0.25) is 0 Å². The first-order valence-electron chi connectivity index (χ1n) is 6.67. The van der Waals surface area contributed by atoms with Crippen LogP contribution in [0.2, 0.25) is 0 Å². The zero-order valence-electron chi connectivity index (χ0n) is 10.6. The SMILES string of the molecule is CCC1CCCC(Nc2ccc3nnnn3n2)C1. The number of nitrogens with one attached hydrogen (secondary N) is 1. The Kier molecular flexibility index (Phi) is 3.08. The molecule has 0 saturated heterocycles. The first-order valence-corrected chi connectivity index (χ1v) is 6.67. The molecule has 2 unspecified atom stereocenters. The number of fused-ring (bicyclic) bond motifs is 1. The summed E-state index contributed by atoms with van der Waals surface area (Å²) in [6.07, 6.45) is 6.42. The molecular formula is C12H18N6. The molecule has 1 N–H and O–H groups in total. The molecule has 0 aliphatic heterocycles. The van der Waals surface area contributed by atoms with Gasteiger partial charge in [0.1, 0.15) is 5.82 Å². The molecule has 0 spiro atoms. The second-order valence-corrected chi connectivity index (χ2v) is 5.03. The molecule has 2 aromatic heterocycles. The maximum atomic E-state index is 4.35. The van der Waals surface area contributed by atoms with Gasteiger partial charge in [-0.3, -0.25) is 0 Å². The number of hydrogen-bond acceptors (Lipinski definition) is 5. The number of rotatable bonds is 3. The van der Waals surface area contributed by atoms with Crippen LogP contribution in [0.15, 0.2) is 12.1 Å². The van der Waals surface area contributed by atoms with Gasteiger partial charge in [0, 0.05) is 6.04 Å². The van der Waals surface area contributed by atoms with E-state index in [-0.39, 0.29) is 0 Å². The molecule has 0 aromatic carbocycles. The highest BCUT2D eigenvalue weighted by atomic mass is 15.6. The third kappa shape index (κ3) is 2.27. The Bertz CT molecular complexity index is 522. The summed E-state index contributed by atoms with van der Waals surface area (Å²) in [6.45, 7) is 2.28. The van der Waals surface area contributed by atoms with Crippen molar-refractivity contribution in [2.75, 3.05) is 5.32 Å². The molecule has 1 fully saturated rings. The van der Waals surface area contributed by atoms with Crippen molar-refractivity contribution >= 4 is 11.5 Å². The fourth-order valence-electron chi connectivity index (χ4n) is 2.73. The highest BCUT2D eigenvalue weighted by molar-refractivity contribution is 5.42. The Hall–Kier alpha value is -1.72. The minimum atomic E-state index is 0.533. The van der Waals surface area contributed by atoms with Crippen molar-refractivity contribution in [2.45, 2.75) is 45.1 Å². The third-order valence-electron chi connectivity index (χ3n) is 3.78. The summed E-state index contributed by atoms with van der Waals surface area (Å²) in [5, 5.41) is 19.1. The number of aromatic nitrogens is 5. The minimum absolute atomic E-state index is 0.533. The summed E-state index contributed by atoms with van der Waals surface area (Å²) in [6, 6.07) is 4.36. The topological polar surface area (TPSA) is 68.0 Å². The quantitative estimate of drug-likeness (QED) is 0.895. The predicted molar refractivity (Wildman–Crippen MR) is 68.2 cm³/mol. The second kappa shape index (κ2) is 4.88. The van der Waals surface area contributed by atoms with Crippen molar-refractivity contribution in [3.05, 3.63) is 12.1 Å². The summed E-state index contributed by atoms with van der Waals surface area (Å²) in [5.74, 6) is 1.71. The summed E-state index contributed by atoms with van der Waals surface area (Å²) < 4.78 is 1.46. The van der Waals surface area contributed by atoms with Crippen LogP contribution in [0, 0.1) is 5.92 Å². The van der Waals surface area contributed by atoms with Crippen molar-refractivity contribution in [1.29, 1.82) is 0 Å². The van der Waals surface area contributed by atoms with Gasteiger partial charge < -0.3 is 5.32 Å². The van der Waals surface area contributed by atoms with E-state index in [1.54, 1.807) is 0 Å². The van der Waals surface area contributed by atoms with Crippen LogP contribution < -0.4 is 5.32 Å². The molecule has 2 aromatic rings. The zero-order chi connectivity index (χ0) is 12.4. The van der Waals surface area contributed by atoms with Gasteiger partial charge in [-0.05, 0) is 41.3 Å². The van der Waals surface area contributed by atoms with Crippen LogP contribution >= 0.6 is 0 Å². The average molecular weight is 246 g/mol. The number of anilines is 1. The summed E-state index contributed by atoms with van der Waals surface area (Å²) in [7, 11) is 0. The molecule has 3 rings (SSSR count). The minimum Gasteiger partial charge on any atom is -0.366 e. The fourth-order valence-corrected chi connectivity index (χ4v) is 2.73. The first-order chi connectivity index (χ1) is 8.85. The molecule has 96 valence electrons. The van der Waals surface area contributed by atoms with Crippen LogP contribution in [0.1, 0.15) is 39.0 Å². The molecule has 18 heavy (non-hydrogen) atoms. The van der Waals surface area contributed by atoms with E-state index in [0.29, 0.717) is 11.7 Å². The molecule has 6 nitrogen and oxygen atoms in total. The zero-order valence-corrected chi connectivity index (χ0v) is 10.6. The van der Waals surface area contributed by atoms with Crippen LogP contribution in [0.5, 0.6) is 0 Å². The number of nitrogens with zero attached hydrogens (tertiary/aromatic N) is 5. The Balaban J connectivity index is 1.71. The summed E-state index contributed by atoms with van der Waals surface area (Å²) in [4.78, 5) is 0. The smallest absolute Gasteiger partial charge is 0.200 e. The van der Waals surface area contributed by atoms with Gasteiger partial charge in [-0.1, -0.05) is 26.2 Å². The van der Waals surface area contributed by atoms with E-state index in [1.807, 2.05) is 12.1 Å². The first kappa shape index (κ1) is 11.4. The van der Waals surface area contributed by atoms with Gasteiger partial charge in [-0.15, -0.1) is 14.8 Å². The molecule has 2 atom stereocenters. The Labute approximate surface area is 106 Å². The maximum Gasteiger partial charge on any atom is 0.200 e. The average Bonchev–Trinajstić information content (AvgIpc) is 2.86. The van der Waals surface area contributed by atoms with Crippen LogP contribution in [-0.2, 0) is 0 Å². The maximum absolute atomic E-state index is 4.35. The molecular weight excluding hydrogens is 228 g/mol. The van der Waals surface area contributed by atoms with Crippen LogP contribution in [0.4, 0.5) is 5.82 Å². The van der Waals surface area contributed by atoms with Crippen molar-refractivity contribution in [2.24, 2.45) is 5.92 Å². The van der Waals surface area contributed by atoms with E-state index < -0.39 is 0 Å². The van der Waals surface area contributed by atoms with Crippen molar-refractivity contribution in [1.82, 2.24) is 25.3 Å². The molecule has 2 heterocycles. The van der Waals surface area contributed by atoms with E-state index in [4.69, 9.17) is 0 Å². The van der Waals surface area contributed by atoms with Gasteiger partial charge in [0.15, 0.2) is 5.65 Å². The predicted octanol–water partition coefficient (Wildman–Crippen LogP) is 1.90. The second-order valence-electron chi connectivity index (χ2n) is 5.03. The Morgan fingerprint density at radius 3 is 3.22 bits per heavy atom. The van der Waals surface area contributed by atoms with E-state index in [1.165, 1.54) is 36.7 Å².